The van der Waals surface area contributed by atoms with E-state index >= 15 is 0 Å². The maximum atomic E-state index is 12.5. The summed E-state index contributed by atoms with van der Waals surface area (Å²) in [5, 5.41) is 68.3. The second-order valence-electron chi connectivity index (χ2n) is 17.3. The first kappa shape index (κ1) is 59.0. The molecule has 0 aliphatic rings. The molecule has 2 unspecified atom stereocenters. The molecule has 5 aromatic carbocycles. The van der Waals surface area contributed by atoms with Crippen molar-refractivity contribution in [2.45, 2.75) is 38.7 Å². The van der Waals surface area contributed by atoms with Gasteiger partial charge in [0.05, 0.1) is 32.7 Å². The van der Waals surface area contributed by atoms with Crippen LogP contribution in [-0.4, -0.2) is 195 Å². The van der Waals surface area contributed by atoms with Crippen LogP contribution in [0.15, 0.2) is 109 Å². The van der Waals surface area contributed by atoms with Gasteiger partial charge in [0, 0.05) is 25.7 Å². The average Bonchev–Trinajstić information content (AvgIpc) is 3.35. The van der Waals surface area contributed by atoms with Crippen LogP contribution in [0.5, 0.6) is 28.7 Å². The zero-order valence-corrected chi connectivity index (χ0v) is 44.5. The zero-order chi connectivity index (χ0) is 55.3. The summed E-state index contributed by atoms with van der Waals surface area (Å²) in [7, 11) is 0. The Labute approximate surface area is 451 Å². The Kier molecular flexibility index (Phi) is 22.8. The molecule has 0 aliphatic heterocycles. The van der Waals surface area contributed by atoms with Crippen LogP contribution in [0.4, 0.5) is 0 Å². The molecular weight excluding hydrogens is 1190 g/mol. The van der Waals surface area contributed by atoms with Crippen LogP contribution in [0.1, 0.15) is 43.0 Å². The SMILES string of the molecule is Cc1ccc(COc2ccc(OCC(COc3ccc(OCc4cc[c]([Bi])cc4)cc3C(=O)O)Oc3ccc(CC(CN(CCN(CC(=O)O)CC(=O)O)CC(=O)O)N(CC(=O)O)CC(=O)O)cc3)c(C(=O)O)c2)cc1. The summed E-state index contributed by atoms with van der Waals surface area (Å²) >= 11 is 1.10. The number of aryl methyl sites for hydroxylation is 1. The van der Waals surface area contributed by atoms with Crippen LogP contribution in [0, 0.1) is 6.92 Å². The van der Waals surface area contributed by atoms with E-state index in [1.807, 2.05) is 55.5 Å². The molecule has 23 heteroatoms. The van der Waals surface area contributed by atoms with Gasteiger partial charge in [0.1, 0.15) is 36.0 Å². The number of benzene rings is 5. The summed E-state index contributed by atoms with van der Waals surface area (Å²) in [5.41, 5.74) is 2.86. The van der Waals surface area contributed by atoms with Crippen molar-refractivity contribution in [1.29, 1.82) is 0 Å². The van der Waals surface area contributed by atoms with Crippen LogP contribution in [0.25, 0.3) is 0 Å². The van der Waals surface area contributed by atoms with Crippen LogP contribution >= 0.6 is 0 Å². The molecule has 0 fully saturated rings. The zero-order valence-electron chi connectivity index (χ0n) is 41.1. The van der Waals surface area contributed by atoms with Crippen molar-refractivity contribution in [3.8, 4) is 28.7 Å². The molecule has 0 aromatic heterocycles. The smallest absolute Gasteiger partial charge is 0.339 e. The maximum absolute atomic E-state index is 12.5. The third kappa shape index (κ3) is 20.5. The second-order valence-corrected chi connectivity index (χ2v) is 19.3. The van der Waals surface area contributed by atoms with E-state index in [0.717, 1.165) is 51.2 Å². The number of carboxylic acid groups (broad SMARTS) is 7. The average molecular weight is 1250 g/mol. The van der Waals surface area contributed by atoms with Crippen molar-refractivity contribution in [2.24, 2.45) is 0 Å². The minimum Gasteiger partial charge on any atom is -0.483 e. The number of carboxylic acids is 7. The molecule has 22 nitrogen and oxygen atoms in total. The van der Waals surface area contributed by atoms with E-state index in [1.54, 1.807) is 24.3 Å². The van der Waals surface area contributed by atoms with Gasteiger partial charge < -0.3 is 44.8 Å². The molecular formula is C53H56BiN3O19. The first-order chi connectivity index (χ1) is 36.2. The molecule has 0 aliphatic carbocycles. The summed E-state index contributed by atoms with van der Waals surface area (Å²) in [6.45, 7) is -2.52. The fraction of sp³-hybridized carbons (Fsp3) is 0.302. The summed E-state index contributed by atoms with van der Waals surface area (Å²) < 4.78 is 31.3. The van der Waals surface area contributed by atoms with Crippen molar-refractivity contribution in [3.05, 3.63) is 143 Å². The topological polar surface area (TPSA) is 317 Å². The van der Waals surface area contributed by atoms with Gasteiger partial charge in [-0.1, -0.05) is 42.0 Å². The third-order valence-corrected chi connectivity index (χ3v) is 12.4. The number of hydrogen-bond donors (Lipinski definition) is 7. The van der Waals surface area contributed by atoms with Crippen LogP contribution in [-0.2, 0) is 43.6 Å². The van der Waals surface area contributed by atoms with Gasteiger partial charge in [-0.15, -0.1) is 0 Å². The van der Waals surface area contributed by atoms with E-state index in [1.165, 1.54) is 44.6 Å². The van der Waals surface area contributed by atoms with Crippen molar-refractivity contribution < 1.29 is 93.0 Å². The number of ether oxygens (including phenoxy) is 5. The minimum atomic E-state index is -1.37. The van der Waals surface area contributed by atoms with Gasteiger partial charge in [-0.05, 0) is 54.8 Å². The first-order valence-corrected chi connectivity index (χ1v) is 25.1. The molecule has 5 rings (SSSR count). The fourth-order valence-corrected chi connectivity index (χ4v) is 8.20. The number of carbonyl (C=O) groups is 7. The van der Waals surface area contributed by atoms with Gasteiger partial charge >= 0.3 is 167 Å². The van der Waals surface area contributed by atoms with Crippen LogP contribution in [0.2, 0.25) is 0 Å². The molecule has 0 spiro atoms. The maximum Gasteiger partial charge on any atom is 0.339 e. The summed E-state index contributed by atoms with van der Waals surface area (Å²) in [6.07, 6.45) is -1.11. The summed E-state index contributed by atoms with van der Waals surface area (Å²) in [5.74, 6) is -8.70. The molecule has 0 bridgehead atoms. The first-order valence-electron chi connectivity index (χ1n) is 23.3. The van der Waals surface area contributed by atoms with E-state index in [-0.39, 0.29) is 92.4 Å². The largest absolute Gasteiger partial charge is 0.483 e. The fourth-order valence-electron chi connectivity index (χ4n) is 7.62. The Balaban J connectivity index is 1.40. The molecule has 0 amide bonds. The van der Waals surface area contributed by atoms with Gasteiger partial charge in [-0.2, -0.15) is 0 Å². The predicted octanol–water partition coefficient (Wildman–Crippen LogP) is 3.49. The van der Waals surface area contributed by atoms with Gasteiger partial charge in [0.2, 0.25) is 0 Å². The van der Waals surface area contributed by atoms with E-state index in [0.29, 0.717) is 5.56 Å². The molecule has 2 atom stereocenters. The quantitative estimate of drug-likeness (QED) is 0.0290. The van der Waals surface area contributed by atoms with Crippen molar-refractivity contribution in [2.75, 3.05) is 65.6 Å². The van der Waals surface area contributed by atoms with Crippen LogP contribution < -0.4 is 27.0 Å². The second kappa shape index (κ2) is 29.3. The van der Waals surface area contributed by atoms with E-state index in [9.17, 15) is 69.3 Å². The number of nitrogens with zero attached hydrogens (tertiary/aromatic N) is 3. The van der Waals surface area contributed by atoms with Crippen molar-refractivity contribution in [3.63, 3.8) is 0 Å². The molecule has 0 heterocycles. The third-order valence-electron chi connectivity index (χ3n) is 11.2. The molecule has 402 valence electrons. The van der Waals surface area contributed by atoms with Gasteiger partial charge in [-0.3, -0.25) is 38.7 Å². The molecule has 5 aromatic rings. The molecule has 0 saturated heterocycles. The Bertz CT molecular complexity index is 2650. The summed E-state index contributed by atoms with van der Waals surface area (Å²) in [4.78, 5) is 87.4. The Hall–Kier alpha value is -7.85. The number of hydrogen-bond acceptors (Lipinski definition) is 15. The molecule has 2 radical (unpaired) electrons. The normalized spacial score (nSPS) is 11.9. The van der Waals surface area contributed by atoms with Gasteiger partial charge in [0.25, 0.3) is 0 Å². The summed E-state index contributed by atoms with van der Waals surface area (Å²) in [6, 6.07) is 29.2. The number of aliphatic carboxylic acids is 5. The molecule has 76 heavy (non-hydrogen) atoms. The van der Waals surface area contributed by atoms with E-state index < -0.39 is 86.7 Å². The van der Waals surface area contributed by atoms with Gasteiger partial charge in [-0.25, -0.2) is 4.79 Å². The Morgan fingerprint density at radius 3 is 1.34 bits per heavy atom. The molecule has 0 saturated carbocycles. The van der Waals surface area contributed by atoms with E-state index in [4.69, 9.17) is 23.7 Å². The van der Waals surface area contributed by atoms with E-state index in [2.05, 4.69) is 0 Å². The number of rotatable bonds is 34. The number of aromatic carboxylic acids is 2. The molecule has 7 N–H and O–H groups in total. The minimum absolute atomic E-state index is 0.0452. The Morgan fingerprint density at radius 2 is 0.895 bits per heavy atom. The standard InChI is InChI=1S/C53H56N3O19.Bi/c1-34-7-9-37(10-8-34)31-72-41-16-18-46(44(23-41)53(69)70)74-33-42(32-73-45-17-15-40(22-43(45)52(67)68)71-30-36-5-3-2-4-6-36)75-39-13-11-35(12-14-39)21-38(56(28-50(63)64)29-51(65)66)24-54(25-47(57)58)19-20-55(26-48(59)60)27-49(61)62;/h3-18,22-23,38,42H,19-21,24-33H2,1H3,(H,57,58)(H,59,60)(H,61,62)(H,63,64)(H,65,66)(H,67,68)(H,69,70);. The monoisotopic (exact) mass is 1250 g/mol. The van der Waals surface area contributed by atoms with Gasteiger partial charge in [0.15, 0.2) is 6.10 Å². The van der Waals surface area contributed by atoms with Crippen molar-refractivity contribution >= 4 is 69.8 Å². The van der Waals surface area contributed by atoms with Crippen molar-refractivity contribution in [1.82, 2.24) is 14.7 Å². The predicted molar refractivity (Wildman–Crippen MR) is 270 cm³/mol. The van der Waals surface area contributed by atoms with Crippen LogP contribution in [0.3, 0.4) is 0 Å². The Morgan fingerprint density at radius 1 is 0.487 bits per heavy atom.